The Balaban J connectivity index is 2.75. The molecule has 0 unspecified atom stereocenters. The maximum absolute atomic E-state index is 12.4. The molecule has 3 N–H and O–H groups in total. The molecule has 0 aliphatic rings. The molecule has 1 aromatic rings. The summed E-state index contributed by atoms with van der Waals surface area (Å²) < 4.78 is 5.10. The maximum Gasteiger partial charge on any atom is 0.329 e. The van der Waals surface area contributed by atoms with Crippen molar-refractivity contribution in [3.63, 3.8) is 0 Å². The standard InChI is InChI=1S/C17H22ClN3O5S/c1-10(14(22)21-17(25)19-2)26-16(24)13(8-9-27-3)20-15(23)11-4-6-12(18)7-5-11/h4-7,10,13H,8-9H2,1-3H3,(H,20,23)(H2,19,21,22,25)/t10-,13+/m1/s1. The number of esters is 1. The molecule has 8 nitrogen and oxygen atoms in total. The molecule has 0 radical (unpaired) electrons. The van der Waals surface area contributed by atoms with Crippen LogP contribution >= 0.6 is 23.4 Å². The van der Waals surface area contributed by atoms with Gasteiger partial charge < -0.3 is 15.4 Å². The number of urea groups is 1. The number of imide groups is 1. The first-order chi connectivity index (χ1) is 12.8. The summed E-state index contributed by atoms with van der Waals surface area (Å²) in [6.07, 6.45) is 0.991. The minimum Gasteiger partial charge on any atom is -0.451 e. The number of thioether (sulfide) groups is 1. The van der Waals surface area contributed by atoms with Crippen LogP contribution in [0.3, 0.4) is 0 Å². The van der Waals surface area contributed by atoms with Gasteiger partial charge in [0.15, 0.2) is 6.10 Å². The van der Waals surface area contributed by atoms with Gasteiger partial charge in [-0.25, -0.2) is 9.59 Å². The van der Waals surface area contributed by atoms with Crippen LogP contribution in [-0.2, 0) is 14.3 Å². The van der Waals surface area contributed by atoms with E-state index in [1.54, 1.807) is 12.1 Å². The summed E-state index contributed by atoms with van der Waals surface area (Å²) in [5, 5.41) is 7.33. The number of hydrogen-bond donors (Lipinski definition) is 3. The van der Waals surface area contributed by atoms with E-state index in [2.05, 4.69) is 10.6 Å². The normalized spacial score (nSPS) is 12.4. The van der Waals surface area contributed by atoms with E-state index >= 15 is 0 Å². The van der Waals surface area contributed by atoms with Gasteiger partial charge in [0.1, 0.15) is 6.04 Å². The highest BCUT2D eigenvalue weighted by Crippen LogP contribution is 2.11. The Bertz CT molecular complexity index is 684. The lowest BCUT2D eigenvalue weighted by Crippen LogP contribution is -2.47. The van der Waals surface area contributed by atoms with E-state index in [4.69, 9.17) is 16.3 Å². The van der Waals surface area contributed by atoms with Crippen LogP contribution in [0.1, 0.15) is 23.7 Å². The van der Waals surface area contributed by atoms with Crippen LogP contribution in [0.5, 0.6) is 0 Å². The van der Waals surface area contributed by atoms with Gasteiger partial charge >= 0.3 is 12.0 Å². The van der Waals surface area contributed by atoms with Crippen LogP contribution < -0.4 is 16.0 Å². The Morgan fingerprint density at radius 1 is 1.19 bits per heavy atom. The fourth-order valence-electron chi connectivity index (χ4n) is 1.91. The van der Waals surface area contributed by atoms with Gasteiger partial charge in [-0.3, -0.25) is 14.9 Å². The highest BCUT2D eigenvalue weighted by molar-refractivity contribution is 7.98. The Morgan fingerprint density at radius 3 is 2.37 bits per heavy atom. The highest BCUT2D eigenvalue weighted by atomic mass is 35.5. The van der Waals surface area contributed by atoms with E-state index < -0.39 is 36.0 Å². The Morgan fingerprint density at radius 2 is 1.81 bits per heavy atom. The Hall–Kier alpha value is -2.26. The van der Waals surface area contributed by atoms with Gasteiger partial charge in [0.05, 0.1) is 0 Å². The molecule has 4 amide bonds. The second-order valence-electron chi connectivity index (χ2n) is 5.46. The summed E-state index contributed by atoms with van der Waals surface area (Å²) in [7, 11) is 1.35. The lowest BCUT2D eigenvalue weighted by atomic mass is 10.1. The molecule has 0 spiro atoms. The monoisotopic (exact) mass is 415 g/mol. The summed E-state index contributed by atoms with van der Waals surface area (Å²) in [4.78, 5) is 47.7. The molecular weight excluding hydrogens is 394 g/mol. The molecule has 1 aromatic carbocycles. The first-order valence-corrected chi connectivity index (χ1v) is 9.84. The maximum atomic E-state index is 12.4. The zero-order chi connectivity index (χ0) is 20.4. The minimum atomic E-state index is -1.20. The van der Waals surface area contributed by atoms with E-state index in [1.165, 1.54) is 37.9 Å². The van der Waals surface area contributed by atoms with Gasteiger partial charge in [-0.2, -0.15) is 11.8 Å². The summed E-state index contributed by atoms with van der Waals surface area (Å²) >= 11 is 7.30. The number of amides is 4. The van der Waals surface area contributed by atoms with Crippen LogP contribution in [0.4, 0.5) is 4.79 Å². The minimum absolute atomic E-state index is 0.323. The molecule has 0 aliphatic carbocycles. The van der Waals surface area contributed by atoms with Gasteiger partial charge in [-0.05, 0) is 49.6 Å². The van der Waals surface area contributed by atoms with Gasteiger partial charge in [0, 0.05) is 17.6 Å². The largest absolute Gasteiger partial charge is 0.451 e. The SMILES string of the molecule is CNC(=O)NC(=O)[C@@H](C)OC(=O)[C@H](CCSC)NC(=O)c1ccc(Cl)cc1. The van der Waals surface area contributed by atoms with Crippen LogP contribution in [0.2, 0.25) is 5.02 Å². The van der Waals surface area contributed by atoms with Gasteiger partial charge in [0.2, 0.25) is 0 Å². The third-order valence-corrected chi connectivity index (χ3v) is 4.33. The smallest absolute Gasteiger partial charge is 0.329 e. The number of benzene rings is 1. The van der Waals surface area contributed by atoms with E-state index in [1.807, 2.05) is 11.6 Å². The topological polar surface area (TPSA) is 114 Å². The molecule has 1 rings (SSSR count). The number of nitrogens with one attached hydrogen (secondary N) is 3. The molecular formula is C17H22ClN3O5S. The fourth-order valence-corrected chi connectivity index (χ4v) is 2.51. The summed E-state index contributed by atoms with van der Waals surface area (Å²) in [5.74, 6) is -1.39. The van der Waals surface area contributed by atoms with Crippen LogP contribution in [0.15, 0.2) is 24.3 Å². The number of carbonyl (C=O) groups excluding carboxylic acids is 4. The summed E-state index contributed by atoms with van der Waals surface area (Å²) in [6.45, 7) is 1.34. The lowest BCUT2D eigenvalue weighted by Gasteiger charge is -2.20. The van der Waals surface area contributed by atoms with Crippen molar-refractivity contribution in [2.45, 2.75) is 25.5 Å². The third-order valence-electron chi connectivity index (χ3n) is 3.43. The van der Waals surface area contributed by atoms with Crippen molar-refractivity contribution in [1.29, 1.82) is 0 Å². The van der Waals surface area contributed by atoms with E-state index in [9.17, 15) is 19.2 Å². The summed E-state index contributed by atoms with van der Waals surface area (Å²) in [6, 6.07) is 4.56. The quantitative estimate of drug-likeness (QED) is 0.555. The zero-order valence-electron chi connectivity index (χ0n) is 15.2. The molecule has 0 aromatic heterocycles. The predicted octanol–water partition coefficient (Wildman–Crippen LogP) is 1.58. The van der Waals surface area contributed by atoms with Crippen molar-refractivity contribution in [3.05, 3.63) is 34.9 Å². The first kappa shape index (κ1) is 22.8. The van der Waals surface area contributed by atoms with Crippen molar-refractivity contribution in [3.8, 4) is 0 Å². The van der Waals surface area contributed by atoms with Crippen molar-refractivity contribution in [1.82, 2.24) is 16.0 Å². The number of hydrogen-bond acceptors (Lipinski definition) is 6. The molecule has 0 saturated heterocycles. The average Bonchev–Trinajstić information content (AvgIpc) is 2.64. The van der Waals surface area contributed by atoms with Crippen LogP contribution in [0, 0.1) is 0 Å². The second kappa shape index (κ2) is 11.5. The predicted molar refractivity (Wildman–Crippen MR) is 104 cm³/mol. The number of halogens is 1. The van der Waals surface area contributed by atoms with Crippen molar-refractivity contribution in [2.24, 2.45) is 0 Å². The molecule has 0 fully saturated rings. The molecule has 0 heterocycles. The first-order valence-electron chi connectivity index (χ1n) is 8.07. The van der Waals surface area contributed by atoms with E-state index in [0.717, 1.165) is 0 Å². The summed E-state index contributed by atoms with van der Waals surface area (Å²) in [5.41, 5.74) is 0.340. The molecule has 148 valence electrons. The molecule has 2 atom stereocenters. The average molecular weight is 416 g/mol. The Kier molecular flexibility index (Phi) is 9.66. The molecule has 10 heteroatoms. The molecule has 0 aliphatic heterocycles. The number of ether oxygens (including phenoxy) is 1. The number of carbonyl (C=O) groups is 4. The second-order valence-corrected chi connectivity index (χ2v) is 6.88. The van der Waals surface area contributed by atoms with Crippen molar-refractivity contribution >= 4 is 47.2 Å². The van der Waals surface area contributed by atoms with E-state index in [0.29, 0.717) is 22.8 Å². The molecule has 0 bridgehead atoms. The van der Waals surface area contributed by atoms with Gasteiger partial charge in [0.25, 0.3) is 11.8 Å². The van der Waals surface area contributed by atoms with Crippen molar-refractivity contribution in [2.75, 3.05) is 19.1 Å². The molecule has 27 heavy (non-hydrogen) atoms. The van der Waals surface area contributed by atoms with Crippen LogP contribution in [-0.4, -0.2) is 55.0 Å². The van der Waals surface area contributed by atoms with Gasteiger partial charge in [-0.1, -0.05) is 11.6 Å². The molecule has 0 saturated carbocycles. The number of rotatable bonds is 8. The zero-order valence-corrected chi connectivity index (χ0v) is 16.8. The van der Waals surface area contributed by atoms with E-state index in [-0.39, 0.29) is 0 Å². The highest BCUT2D eigenvalue weighted by Gasteiger charge is 2.27. The Labute approximate surface area is 166 Å². The van der Waals surface area contributed by atoms with Gasteiger partial charge in [-0.15, -0.1) is 0 Å². The lowest BCUT2D eigenvalue weighted by molar-refractivity contribution is -0.156. The fraction of sp³-hybridized carbons (Fsp3) is 0.412. The van der Waals surface area contributed by atoms with Crippen LogP contribution in [0.25, 0.3) is 0 Å². The third kappa shape index (κ3) is 7.88. The van der Waals surface area contributed by atoms with Crippen molar-refractivity contribution < 1.29 is 23.9 Å².